The lowest BCUT2D eigenvalue weighted by Gasteiger charge is -2.17. The van der Waals surface area contributed by atoms with Crippen LogP contribution in [0.15, 0.2) is 45.6 Å². The Kier molecular flexibility index (Phi) is 5.35. The number of methoxy groups -OCH3 is 1. The fourth-order valence-corrected chi connectivity index (χ4v) is 3.42. The maximum absolute atomic E-state index is 12.0. The highest BCUT2D eigenvalue weighted by atomic mass is 35.5. The molecule has 2 aromatic carbocycles. The second-order valence-corrected chi connectivity index (χ2v) is 7.22. The number of ether oxygens (including phenoxy) is 1. The molecule has 0 amide bonds. The third kappa shape index (κ3) is 3.92. The molecule has 1 aromatic heterocycles. The standard InChI is InChI=1S/C21H22ClNO3/c1-13-5-6-19(25-4)16(7-13)12-23(3)11-15-9-21(24)26-20-8-14(2)18(22)10-17(15)20/h5-10H,11-12H2,1-4H3/p+1. The van der Waals surface area contributed by atoms with Crippen molar-refractivity contribution in [3.8, 4) is 5.75 Å². The van der Waals surface area contributed by atoms with E-state index >= 15 is 0 Å². The smallest absolute Gasteiger partial charge is 0.336 e. The number of halogens is 1. The van der Waals surface area contributed by atoms with Crippen LogP contribution in [0.2, 0.25) is 5.02 Å². The normalized spacial score (nSPS) is 12.3. The van der Waals surface area contributed by atoms with Crippen LogP contribution in [-0.2, 0) is 13.1 Å². The molecule has 0 spiro atoms. The minimum atomic E-state index is -0.338. The van der Waals surface area contributed by atoms with Crippen molar-refractivity contribution in [2.45, 2.75) is 26.9 Å². The molecule has 1 N–H and O–H groups in total. The van der Waals surface area contributed by atoms with Crippen molar-refractivity contribution >= 4 is 22.6 Å². The van der Waals surface area contributed by atoms with Crippen LogP contribution in [0.1, 0.15) is 22.3 Å². The van der Waals surface area contributed by atoms with Crippen LogP contribution in [0.25, 0.3) is 11.0 Å². The fourth-order valence-electron chi connectivity index (χ4n) is 3.25. The molecule has 0 bridgehead atoms. The quantitative estimate of drug-likeness (QED) is 0.699. The molecule has 1 atom stereocenters. The van der Waals surface area contributed by atoms with Gasteiger partial charge in [0.05, 0.1) is 14.2 Å². The van der Waals surface area contributed by atoms with Crippen LogP contribution in [0, 0.1) is 13.8 Å². The molecule has 136 valence electrons. The first-order valence-electron chi connectivity index (χ1n) is 8.55. The van der Waals surface area contributed by atoms with E-state index in [0.717, 1.165) is 34.4 Å². The molecule has 1 heterocycles. The van der Waals surface area contributed by atoms with Gasteiger partial charge in [0.2, 0.25) is 0 Å². The second-order valence-electron chi connectivity index (χ2n) is 6.81. The third-order valence-electron chi connectivity index (χ3n) is 4.53. The summed E-state index contributed by atoms with van der Waals surface area (Å²) in [4.78, 5) is 13.2. The summed E-state index contributed by atoms with van der Waals surface area (Å²) in [5.41, 5.74) is 4.41. The molecule has 0 aliphatic heterocycles. The maximum atomic E-state index is 12.0. The molecule has 0 radical (unpaired) electrons. The Hall–Kier alpha value is -2.30. The van der Waals surface area contributed by atoms with Gasteiger partial charge in [-0.1, -0.05) is 23.2 Å². The SMILES string of the molecule is COc1ccc(C)cc1C[NH+](C)Cc1cc(=O)oc2cc(C)c(Cl)cc12. The highest BCUT2D eigenvalue weighted by Crippen LogP contribution is 2.25. The van der Waals surface area contributed by atoms with Gasteiger partial charge in [-0.2, -0.15) is 0 Å². The van der Waals surface area contributed by atoms with E-state index in [1.54, 1.807) is 13.2 Å². The number of quaternary nitrogens is 1. The average molecular weight is 373 g/mol. The van der Waals surface area contributed by atoms with Crippen molar-refractivity contribution in [1.82, 2.24) is 0 Å². The van der Waals surface area contributed by atoms with E-state index in [4.69, 9.17) is 20.8 Å². The minimum Gasteiger partial charge on any atom is -0.496 e. The van der Waals surface area contributed by atoms with Crippen LogP contribution in [-0.4, -0.2) is 14.2 Å². The number of rotatable bonds is 5. The minimum absolute atomic E-state index is 0.338. The Morgan fingerprint density at radius 2 is 1.81 bits per heavy atom. The molecule has 0 aliphatic carbocycles. The predicted molar refractivity (Wildman–Crippen MR) is 104 cm³/mol. The van der Waals surface area contributed by atoms with Gasteiger partial charge in [0.25, 0.3) is 0 Å². The molecule has 3 aromatic rings. The zero-order valence-electron chi connectivity index (χ0n) is 15.5. The highest BCUT2D eigenvalue weighted by Gasteiger charge is 2.14. The van der Waals surface area contributed by atoms with Crippen molar-refractivity contribution in [3.05, 3.63) is 74.1 Å². The Bertz CT molecular complexity index is 1010. The lowest BCUT2D eigenvalue weighted by molar-refractivity contribution is -0.907. The van der Waals surface area contributed by atoms with Gasteiger partial charge in [0.15, 0.2) is 0 Å². The average Bonchev–Trinajstić information content (AvgIpc) is 2.57. The summed E-state index contributed by atoms with van der Waals surface area (Å²) in [7, 11) is 3.78. The number of hydrogen-bond donors (Lipinski definition) is 1. The fraction of sp³-hybridized carbons (Fsp3) is 0.286. The van der Waals surface area contributed by atoms with E-state index in [-0.39, 0.29) is 5.63 Å². The van der Waals surface area contributed by atoms with E-state index in [2.05, 4.69) is 20.0 Å². The van der Waals surface area contributed by atoms with E-state index in [1.807, 2.05) is 31.2 Å². The van der Waals surface area contributed by atoms with E-state index < -0.39 is 0 Å². The molecule has 4 nitrogen and oxygen atoms in total. The Balaban J connectivity index is 1.92. The molecule has 5 heteroatoms. The van der Waals surface area contributed by atoms with Crippen LogP contribution < -0.4 is 15.3 Å². The monoisotopic (exact) mass is 372 g/mol. The number of aryl methyl sites for hydroxylation is 2. The first-order valence-corrected chi connectivity index (χ1v) is 8.93. The topological polar surface area (TPSA) is 43.9 Å². The summed E-state index contributed by atoms with van der Waals surface area (Å²) in [5.74, 6) is 0.881. The maximum Gasteiger partial charge on any atom is 0.336 e. The molecular weight excluding hydrogens is 350 g/mol. The number of fused-ring (bicyclic) bond motifs is 1. The first kappa shape index (κ1) is 18.5. The van der Waals surface area contributed by atoms with E-state index in [0.29, 0.717) is 17.2 Å². The van der Waals surface area contributed by atoms with Crippen LogP contribution >= 0.6 is 11.6 Å². The van der Waals surface area contributed by atoms with Gasteiger partial charge in [0.1, 0.15) is 24.4 Å². The number of hydrogen-bond acceptors (Lipinski definition) is 3. The number of nitrogens with one attached hydrogen (secondary N) is 1. The predicted octanol–water partition coefficient (Wildman–Crippen LogP) is 3.29. The number of benzene rings is 2. The van der Waals surface area contributed by atoms with E-state index in [1.165, 1.54) is 10.5 Å². The summed E-state index contributed by atoms with van der Waals surface area (Å²) < 4.78 is 10.8. The van der Waals surface area contributed by atoms with Gasteiger partial charge < -0.3 is 14.1 Å². The van der Waals surface area contributed by atoms with E-state index in [9.17, 15) is 4.79 Å². The first-order chi connectivity index (χ1) is 12.4. The third-order valence-corrected chi connectivity index (χ3v) is 4.94. The van der Waals surface area contributed by atoms with Gasteiger partial charge in [-0.05, 0) is 43.7 Å². The Morgan fingerprint density at radius 3 is 2.54 bits per heavy atom. The molecule has 3 rings (SSSR count). The van der Waals surface area contributed by atoms with Crippen molar-refractivity contribution in [1.29, 1.82) is 0 Å². The molecule has 0 fully saturated rings. The van der Waals surface area contributed by atoms with Crippen molar-refractivity contribution < 1.29 is 14.1 Å². The van der Waals surface area contributed by atoms with Gasteiger partial charge in [-0.3, -0.25) is 0 Å². The summed E-state index contributed by atoms with van der Waals surface area (Å²) >= 11 is 6.28. The summed E-state index contributed by atoms with van der Waals surface area (Å²) in [5, 5.41) is 1.56. The highest BCUT2D eigenvalue weighted by molar-refractivity contribution is 6.32. The van der Waals surface area contributed by atoms with Crippen molar-refractivity contribution in [2.24, 2.45) is 0 Å². The summed E-state index contributed by atoms with van der Waals surface area (Å²) in [6.07, 6.45) is 0. The lowest BCUT2D eigenvalue weighted by Crippen LogP contribution is -3.06. The zero-order chi connectivity index (χ0) is 18.8. The van der Waals surface area contributed by atoms with Gasteiger partial charge in [-0.15, -0.1) is 0 Å². The summed E-state index contributed by atoms with van der Waals surface area (Å²) in [6.45, 7) is 5.43. The molecule has 0 aliphatic rings. The Labute approximate surface area is 158 Å². The van der Waals surface area contributed by atoms with Crippen LogP contribution in [0.4, 0.5) is 0 Å². The van der Waals surface area contributed by atoms with Crippen molar-refractivity contribution in [3.63, 3.8) is 0 Å². The van der Waals surface area contributed by atoms with Crippen LogP contribution in [0.5, 0.6) is 5.75 Å². The Morgan fingerprint density at radius 1 is 1.08 bits per heavy atom. The van der Waals surface area contributed by atoms with Crippen LogP contribution in [0.3, 0.4) is 0 Å². The molecular formula is C21H23ClNO3+. The second kappa shape index (κ2) is 7.52. The molecule has 0 saturated carbocycles. The summed E-state index contributed by atoms with van der Waals surface area (Å²) in [6, 6.07) is 11.4. The molecule has 0 saturated heterocycles. The lowest BCUT2D eigenvalue weighted by atomic mass is 10.1. The van der Waals surface area contributed by atoms with Gasteiger partial charge in [0, 0.05) is 27.6 Å². The largest absolute Gasteiger partial charge is 0.496 e. The molecule has 1 unspecified atom stereocenters. The zero-order valence-corrected chi connectivity index (χ0v) is 16.2. The molecule has 26 heavy (non-hydrogen) atoms. The van der Waals surface area contributed by atoms with Gasteiger partial charge >= 0.3 is 5.63 Å². The van der Waals surface area contributed by atoms with Gasteiger partial charge in [-0.25, -0.2) is 4.79 Å². The van der Waals surface area contributed by atoms with Crippen molar-refractivity contribution in [2.75, 3.05) is 14.2 Å².